The molecule has 4 heteroatoms. The van der Waals surface area contributed by atoms with Gasteiger partial charge in [0.2, 0.25) is 5.91 Å². The second-order valence-corrected chi connectivity index (χ2v) is 5.31. The third kappa shape index (κ3) is 3.46. The number of halogens is 1. The quantitative estimate of drug-likeness (QED) is 0.853. The molecule has 1 unspecified atom stereocenters. The number of aryl methyl sites for hydroxylation is 1. The van der Waals surface area contributed by atoms with E-state index in [0.29, 0.717) is 24.4 Å². The first-order valence-electron chi connectivity index (χ1n) is 6.96. The molecule has 0 saturated heterocycles. The molecule has 1 aromatic carbocycles. The van der Waals surface area contributed by atoms with E-state index in [1.54, 1.807) is 6.07 Å². The summed E-state index contributed by atoms with van der Waals surface area (Å²) in [6, 6.07) is 3.24. The van der Waals surface area contributed by atoms with Gasteiger partial charge in [-0.15, -0.1) is 0 Å². The Morgan fingerprint density at radius 3 is 2.95 bits per heavy atom. The Morgan fingerprint density at radius 2 is 2.21 bits per heavy atom. The highest BCUT2D eigenvalue weighted by Gasteiger charge is 2.17. The number of nitrogens with one attached hydrogen (secondary N) is 2. The standard InChI is InChI=1S/C15H21FN2O/c1-3-4-10(2)9-17-14-8-13-11(7-12(14)16)5-6-15(19)18-13/h7-8,10,17H,3-6,9H2,1-2H3,(H,18,19). The van der Waals surface area contributed by atoms with E-state index in [4.69, 9.17) is 0 Å². The second kappa shape index (κ2) is 6.04. The van der Waals surface area contributed by atoms with Crippen molar-refractivity contribution in [2.45, 2.75) is 39.5 Å². The van der Waals surface area contributed by atoms with Crippen LogP contribution in [0.5, 0.6) is 0 Å². The van der Waals surface area contributed by atoms with Crippen LogP contribution in [-0.2, 0) is 11.2 Å². The van der Waals surface area contributed by atoms with Crippen molar-refractivity contribution in [2.75, 3.05) is 17.2 Å². The van der Waals surface area contributed by atoms with Crippen LogP contribution < -0.4 is 10.6 Å². The molecule has 0 spiro atoms. The fourth-order valence-electron chi connectivity index (χ4n) is 2.41. The Morgan fingerprint density at radius 1 is 1.42 bits per heavy atom. The van der Waals surface area contributed by atoms with E-state index in [0.717, 1.165) is 30.6 Å². The third-order valence-corrected chi connectivity index (χ3v) is 3.51. The molecule has 0 bridgehead atoms. The maximum absolute atomic E-state index is 13.9. The highest BCUT2D eigenvalue weighted by Crippen LogP contribution is 2.28. The Labute approximate surface area is 113 Å². The summed E-state index contributed by atoms with van der Waals surface area (Å²) >= 11 is 0. The summed E-state index contributed by atoms with van der Waals surface area (Å²) < 4.78 is 13.9. The largest absolute Gasteiger partial charge is 0.382 e. The molecule has 0 fully saturated rings. The molecule has 1 atom stereocenters. The van der Waals surface area contributed by atoms with E-state index in [1.165, 1.54) is 6.07 Å². The average Bonchev–Trinajstić information content (AvgIpc) is 2.37. The van der Waals surface area contributed by atoms with Gasteiger partial charge in [-0.3, -0.25) is 4.79 Å². The first-order valence-corrected chi connectivity index (χ1v) is 6.96. The van der Waals surface area contributed by atoms with Gasteiger partial charge >= 0.3 is 0 Å². The zero-order valence-corrected chi connectivity index (χ0v) is 11.6. The monoisotopic (exact) mass is 264 g/mol. The van der Waals surface area contributed by atoms with Gasteiger partial charge in [-0.1, -0.05) is 20.3 Å². The number of anilines is 2. The predicted molar refractivity (Wildman–Crippen MR) is 75.9 cm³/mol. The Bertz CT molecular complexity index is 473. The van der Waals surface area contributed by atoms with Crippen LogP contribution in [0.15, 0.2) is 12.1 Å². The van der Waals surface area contributed by atoms with Crippen molar-refractivity contribution >= 4 is 17.3 Å². The topological polar surface area (TPSA) is 41.1 Å². The van der Waals surface area contributed by atoms with Crippen molar-refractivity contribution < 1.29 is 9.18 Å². The fraction of sp³-hybridized carbons (Fsp3) is 0.533. The van der Waals surface area contributed by atoms with Gasteiger partial charge in [0.05, 0.1) is 5.69 Å². The van der Waals surface area contributed by atoms with E-state index >= 15 is 0 Å². The number of carbonyl (C=O) groups excluding carboxylic acids is 1. The Balaban J connectivity index is 2.08. The van der Waals surface area contributed by atoms with E-state index in [2.05, 4.69) is 24.5 Å². The summed E-state index contributed by atoms with van der Waals surface area (Å²) in [7, 11) is 0. The number of rotatable bonds is 5. The molecule has 0 saturated carbocycles. The maximum Gasteiger partial charge on any atom is 0.224 e. The minimum atomic E-state index is -0.237. The van der Waals surface area contributed by atoms with E-state index in [1.807, 2.05) is 0 Å². The molecule has 1 aliphatic heterocycles. The van der Waals surface area contributed by atoms with Crippen LogP contribution >= 0.6 is 0 Å². The average molecular weight is 264 g/mol. The van der Waals surface area contributed by atoms with E-state index in [-0.39, 0.29) is 11.7 Å². The van der Waals surface area contributed by atoms with Crippen molar-refractivity contribution in [3.8, 4) is 0 Å². The van der Waals surface area contributed by atoms with Crippen LogP contribution in [0.3, 0.4) is 0 Å². The van der Waals surface area contributed by atoms with Crippen molar-refractivity contribution in [1.82, 2.24) is 0 Å². The normalized spacial score (nSPS) is 15.6. The number of amides is 1. The van der Waals surface area contributed by atoms with Crippen LogP contribution in [0, 0.1) is 11.7 Å². The molecule has 0 aromatic heterocycles. The second-order valence-electron chi connectivity index (χ2n) is 5.31. The van der Waals surface area contributed by atoms with Gasteiger partial charge < -0.3 is 10.6 Å². The lowest BCUT2D eigenvalue weighted by atomic mass is 10.0. The summed E-state index contributed by atoms with van der Waals surface area (Å²) in [6.45, 7) is 5.04. The first-order chi connectivity index (χ1) is 9.10. The minimum absolute atomic E-state index is 0.00408. The Kier molecular flexibility index (Phi) is 4.40. The lowest BCUT2D eigenvalue weighted by molar-refractivity contribution is -0.116. The molecule has 1 aromatic rings. The molecule has 2 N–H and O–H groups in total. The number of hydrogen-bond donors (Lipinski definition) is 2. The lowest BCUT2D eigenvalue weighted by Gasteiger charge is -2.19. The van der Waals surface area contributed by atoms with Gasteiger partial charge in [0.25, 0.3) is 0 Å². The summed E-state index contributed by atoms with van der Waals surface area (Å²) in [5, 5.41) is 5.93. The van der Waals surface area contributed by atoms with Crippen LogP contribution in [0.1, 0.15) is 38.7 Å². The van der Waals surface area contributed by atoms with Gasteiger partial charge in [0.1, 0.15) is 5.82 Å². The molecule has 1 amide bonds. The van der Waals surface area contributed by atoms with Gasteiger partial charge in [-0.2, -0.15) is 0 Å². The van der Waals surface area contributed by atoms with E-state index in [9.17, 15) is 9.18 Å². The van der Waals surface area contributed by atoms with Crippen LogP contribution in [-0.4, -0.2) is 12.5 Å². The van der Waals surface area contributed by atoms with Gasteiger partial charge in [-0.05, 0) is 36.5 Å². The number of carbonyl (C=O) groups is 1. The van der Waals surface area contributed by atoms with Crippen molar-refractivity contribution in [3.63, 3.8) is 0 Å². The highest BCUT2D eigenvalue weighted by atomic mass is 19.1. The maximum atomic E-state index is 13.9. The van der Waals surface area contributed by atoms with Crippen LogP contribution in [0.4, 0.5) is 15.8 Å². The molecule has 104 valence electrons. The lowest BCUT2D eigenvalue weighted by Crippen LogP contribution is -2.20. The number of benzene rings is 1. The van der Waals surface area contributed by atoms with Crippen molar-refractivity contribution in [1.29, 1.82) is 0 Å². The first kappa shape index (κ1) is 13.8. The molecule has 0 radical (unpaired) electrons. The summed E-state index contributed by atoms with van der Waals surface area (Å²) in [4.78, 5) is 11.3. The smallest absolute Gasteiger partial charge is 0.224 e. The molecule has 1 aliphatic rings. The number of hydrogen-bond acceptors (Lipinski definition) is 2. The third-order valence-electron chi connectivity index (χ3n) is 3.51. The molecule has 1 heterocycles. The summed E-state index contributed by atoms with van der Waals surface area (Å²) in [6.07, 6.45) is 3.30. The Hall–Kier alpha value is -1.58. The zero-order chi connectivity index (χ0) is 13.8. The highest BCUT2D eigenvalue weighted by molar-refractivity contribution is 5.94. The minimum Gasteiger partial charge on any atom is -0.382 e. The summed E-state index contributed by atoms with van der Waals surface area (Å²) in [5.74, 6) is 0.276. The number of fused-ring (bicyclic) bond motifs is 1. The van der Waals surface area contributed by atoms with Gasteiger partial charge in [0, 0.05) is 18.7 Å². The molecule has 19 heavy (non-hydrogen) atoms. The molecule has 3 nitrogen and oxygen atoms in total. The van der Waals surface area contributed by atoms with Gasteiger partial charge in [0.15, 0.2) is 0 Å². The van der Waals surface area contributed by atoms with Crippen molar-refractivity contribution in [2.24, 2.45) is 5.92 Å². The van der Waals surface area contributed by atoms with Crippen LogP contribution in [0.2, 0.25) is 0 Å². The predicted octanol–water partition coefficient (Wildman–Crippen LogP) is 3.56. The van der Waals surface area contributed by atoms with Crippen molar-refractivity contribution in [3.05, 3.63) is 23.5 Å². The summed E-state index contributed by atoms with van der Waals surface area (Å²) in [5.41, 5.74) is 2.09. The molecule has 2 rings (SSSR count). The zero-order valence-electron chi connectivity index (χ0n) is 11.6. The molecular weight excluding hydrogens is 243 g/mol. The van der Waals surface area contributed by atoms with Crippen LogP contribution in [0.25, 0.3) is 0 Å². The van der Waals surface area contributed by atoms with E-state index < -0.39 is 0 Å². The SMILES string of the molecule is CCCC(C)CNc1cc2c(cc1F)CCC(=O)N2. The molecule has 0 aliphatic carbocycles. The van der Waals surface area contributed by atoms with Gasteiger partial charge in [-0.25, -0.2) is 4.39 Å². The molecular formula is C15H21FN2O. The fourth-order valence-corrected chi connectivity index (χ4v) is 2.41.